The predicted molar refractivity (Wildman–Crippen MR) is 94.5 cm³/mol. The third-order valence-electron chi connectivity index (χ3n) is 4.69. The number of carbonyl (C=O) groups is 2. The Morgan fingerprint density at radius 2 is 2.04 bits per heavy atom. The predicted octanol–water partition coefficient (Wildman–Crippen LogP) is 3.07. The number of benzene rings is 1. The fraction of sp³-hybridized carbons (Fsp3) is 0.389. The molecule has 1 N–H and O–H groups in total. The molecule has 2 aromatic rings. The third kappa shape index (κ3) is 3.26. The Bertz CT molecular complexity index is 833. The van der Waals surface area contributed by atoms with Gasteiger partial charge in [-0.1, -0.05) is 29.8 Å². The van der Waals surface area contributed by atoms with Gasteiger partial charge in [-0.05, 0) is 25.8 Å². The van der Waals surface area contributed by atoms with Crippen molar-refractivity contribution >= 4 is 23.5 Å². The Morgan fingerprint density at radius 1 is 1.32 bits per heavy atom. The molecule has 0 saturated carbocycles. The van der Waals surface area contributed by atoms with Crippen molar-refractivity contribution < 1.29 is 14.7 Å². The van der Waals surface area contributed by atoms with Crippen molar-refractivity contribution in [2.45, 2.75) is 19.8 Å². The molecule has 132 valence electrons. The van der Waals surface area contributed by atoms with Crippen molar-refractivity contribution in [3.05, 3.63) is 41.0 Å². The number of carboxylic acids is 1. The summed E-state index contributed by atoms with van der Waals surface area (Å²) in [5.74, 6) is -1.09. The van der Waals surface area contributed by atoms with Crippen LogP contribution in [0.15, 0.2) is 30.5 Å². The molecule has 1 aliphatic rings. The summed E-state index contributed by atoms with van der Waals surface area (Å²) < 4.78 is 1.58. The molecule has 1 aliphatic heterocycles. The summed E-state index contributed by atoms with van der Waals surface area (Å²) in [5, 5.41) is 14.4. The first-order valence-electron chi connectivity index (χ1n) is 8.13. The summed E-state index contributed by atoms with van der Waals surface area (Å²) in [7, 11) is 1.74. The zero-order chi connectivity index (χ0) is 18.2. The van der Waals surface area contributed by atoms with Crippen LogP contribution in [0.2, 0.25) is 5.02 Å². The molecule has 2 heterocycles. The van der Waals surface area contributed by atoms with E-state index >= 15 is 0 Å². The first-order valence-corrected chi connectivity index (χ1v) is 8.51. The van der Waals surface area contributed by atoms with E-state index in [1.54, 1.807) is 35.8 Å². The number of carboxylic acid groups (broad SMARTS) is 1. The Hall–Kier alpha value is -2.34. The molecule has 0 radical (unpaired) electrons. The lowest BCUT2D eigenvalue weighted by molar-refractivity contribution is -0.150. The quantitative estimate of drug-likeness (QED) is 0.911. The van der Waals surface area contributed by atoms with Crippen LogP contribution in [0.3, 0.4) is 0 Å². The monoisotopic (exact) mass is 361 g/mol. The molecule has 0 bridgehead atoms. The van der Waals surface area contributed by atoms with Crippen LogP contribution in [-0.2, 0) is 11.8 Å². The largest absolute Gasteiger partial charge is 0.481 e. The van der Waals surface area contributed by atoms with E-state index in [9.17, 15) is 14.7 Å². The van der Waals surface area contributed by atoms with Crippen molar-refractivity contribution in [2.24, 2.45) is 12.5 Å². The Morgan fingerprint density at radius 3 is 2.72 bits per heavy atom. The first kappa shape index (κ1) is 17.5. The lowest BCUT2D eigenvalue weighted by atomic mass is 9.82. The molecule has 6 nitrogen and oxygen atoms in total. The Labute approximate surface area is 151 Å². The summed E-state index contributed by atoms with van der Waals surface area (Å²) in [6, 6.07) is 7.23. The highest BCUT2D eigenvalue weighted by Crippen LogP contribution is 2.33. The molecule has 25 heavy (non-hydrogen) atoms. The van der Waals surface area contributed by atoms with Crippen molar-refractivity contribution in [1.82, 2.24) is 14.7 Å². The number of aryl methyl sites for hydroxylation is 1. The second-order valence-corrected chi connectivity index (χ2v) is 7.15. The van der Waals surface area contributed by atoms with Gasteiger partial charge in [-0.25, -0.2) is 0 Å². The fourth-order valence-corrected chi connectivity index (χ4v) is 3.48. The van der Waals surface area contributed by atoms with E-state index < -0.39 is 11.4 Å². The van der Waals surface area contributed by atoms with E-state index in [4.69, 9.17) is 11.6 Å². The molecule has 1 aromatic heterocycles. The van der Waals surface area contributed by atoms with Crippen molar-refractivity contribution in [2.75, 3.05) is 13.1 Å². The van der Waals surface area contributed by atoms with Gasteiger partial charge in [0.25, 0.3) is 5.91 Å². The minimum absolute atomic E-state index is 0.192. The van der Waals surface area contributed by atoms with Crippen LogP contribution in [-0.4, -0.2) is 44.8 Å². The molecule has 1 aromatic carbocycles. The normalized spacial score (nSPS) is 20.5. The van der Waals surface area contributed by atoms with Crippen LogP contribution in [0.4, 0.5) is 0 Å². The van der Waals surface area contributed by atoms with Gasteiger partial charge < -0.3 is 10.0 Å². The molecule has 0 aliphatic carbocycles. The Kier molecular flexibility index (Phi) is 4.56. The number of nitrogens with zero attached hydrogens (tertiary/aromatic N) is 3. The number of hydrogen-bond acceptors (Lipinski definition) is 3. The topological polar surface area (TPSA) is 75.4 Å². The molecule has 1 amide bonds. The minimum Gasteiger partial charge on any atom is -0.481 e. The zero-order valence-corrected chi connectivity index (χ0v) is 15.0. The number of hydrogen-bond donors (Lipinski definition) is 1. The number of aromatic nitrogens is 2. The summed E-state index contributed by atoms with van der Waals surface area (Å²) in [5.41, 5.74) is 0.720. The fourth-order valence-electron chi connectivity index (χ4n) is 3.25. The van der Waals surface area contributed by atoms with Gasteiger partial charge in [-0.2, -0.15) is 5.10 Å². The van der Waals surface area contributed by atoms with Gasteiger partial charge >= 0.3 is 5.97 Å². The standard InChI is InChI=1S/C18H20ClN3O3/c1-18(17(24)25)8-5-9-22(11-18)16(23)13-10-21(2)20-15(13)12-6-3-4-7-14(12)19/h3-4,6-7,10H,5,8-9,11H2,1-2H3,(H,24,25). The number of likely N-dealkylation sites (tertiary alicyclic amines) is 1. The number of carbonyl (C=O) groups excluding carboxylic acids is 1. The maximum atomic E-state index is 13.1. The molecule has 1 atom stereocenters. The van der Waals surface area contributed by atoms with E-state index in [0.717, 1.165) is 0 Å². The number of amides is 1. The Balaban J connectivity index is 1.96. The maximum absolute atomic E-state index is 13.1. The van der Waals surface area contributed by atoms with Gasteiger partial charge in [0.2, 0.25) is 0 Å². The second-order valence-electron chi connectivity index (χ2n) is 6.74. The van der Waals surface area contributed by atoms with Gasteiger partial charge in [0.05, 0.1) is 16.0 Å². The van der Waals surface area contributed by atoms with E-state index in [2.05, 4.69) is 5.10 Å². The van der Waals surface area contributed by atoms with Gasteiger partial charge in [0, 0.05) is 31.9 Å². The first-order chi connectivity index (χ1) is 11.8. The van der Waals surface area contributed by atoms with Crippen LogP contribution in [0.25, 0.3) is 11.3 Å². The minimum atomic E-state index is -0.916. The van der Waals surface area contributed by atoms with Crippen molar-refractivity contribution in [3.63, 3.8) is 0 Å². The summed E-state index contributed by atoms with van der Waals surface area (Å²) in [4.78, 5) is 26.2. The molecule has 0 spiro atoms. The van der Waals surface area contributed by atoms with E-state index in [0.29, 0.717) is 41.2 Å². The SMILES string of the molecule is Cn1cc(C(=O)N2CCCC(C)(C(=O)O)C2)c(-c2ccccc2Cl)n1. The number of aliphatic carboxylic acids is 1. The number of rotatable bonds is 3. The number of halogens is 1. The average Bonchev–Trinajstić information content (AvgIpc) is 2.96. The summed E-state index contributed by atoms with van der Waals surface area (Å²) in [6.45, 7) is 2.42. The average molecular weight is 362 g/mol. The lowest BCUT2D eigenvalue weighted by Crippen LogP contribution is -2.48. The highest BCUT2D eigenvalue weighted by molar-refractivity contribution is 6.33. The molecule has 3 rings (SSSR count). The van der Waals surface area contributed by atoms with E-state index in [1.807, 2.05) is 18.2 Å². The highest BCUT2D eigenvalue weighted by Gasteiger charge is 2.40. The zero-order valence-electron chi connectivity index (χ0n) is 14.2. The van der Waals surface area contributed by atoms with E-state index in [-0.39, 0.29) is 12.5 Å². The molecular weight excluding hydrogens is 342 g/mol. The van der Waals surface area contributed by atoms with Crippen LogP contribution < -0.4 is 0 Å². The third-order valence-corrected chi connectivity index (χ3v) is 5.02. The van der Waals surface area contributed by atoms with Gasteiger partial charge in [-0.15, -0.1) is 0 Å². The smallest absolute Gasteiger partial charge is 0.311 e. The molecular formula is C18H20ClN3O3. The van der Waals surface area contributed by atoms with Gasteiger partial charge in [-0.3, -0.25) is 14.3 Å². The van der Waals surface area contributed by atoms with Crippen molar-refractivity contribution in [1.29, 1.82) is 0 Å². The van der Waals surface area contributed by atoms with Crippen molar-refractivity contribution in [3.8, 4) is 11.3 Å². The van der Waals surface area contributed by atoms with Gasteiger partial charge in [0.1, 0.15) is 5.69 Å². The highest BCUT2D eigenvalue weighted by atomic mass is 35.5. The van der Waals surface area contributed by atoms with E-state index in [1.165, 1.54) is 0 Å². The van der Waals surface area contributed by atoms with Crippen LogP contribution in [0.5, 0.6) is 0 Å². The maximum Gasteiger partial charge on any atom is 0.311 e. The second kappa shape index (κ2) is 6.52. The summed E-state index contributed by atoms with van der Waals surface area (Å²) >= 11 is 6.27. The van der Waals surface area contributed by atoms with Crippen LogP contribution in [0, 0.1) is 5.41 Å². The van der Waals surface area contributed by atoms with Crippen LogP contribution >= 0.6 is 11.6 Å². The van der Waals surface area contributed by atoms with Crippen LogP contribution in [0.1, 0.15) is 30.1 Å². The molecule has 1 saturated heterocycles. The molecule has 1 unspecified atom stereocenters. The molecule has 1 fully saturated rings. The summed E-state index contributed by atoms with van der Waals surface area (Å²) in [6.07, 6.45) is 2.89. The lowest BCUT2D eigenvalue weighted by Gasteiger charge is -2.37. The number of piperidine rings is 1. The van der Waals surface area contributed by atoms with Gasteiger partial charge in [0.15, 0.2) is 0 Å². The molecule has 7 heteroatoms.